The summed E-state index contributed by atoms with van der Waals surface area (Å²) in [6.45, 7) is 4.02. The number of carboxylic acid groups (broad SMARTS) is 1. The van der Waals surface area contributed by atoms with Crippen molar-refractivity contribution in [1.82, 2.24) is 19.9 Å². The third-order valence-corrected chi connectivity index (χ3v) is 4.75. The summed E-state index contributed by atoms with van der Waals surface area (Å²) in [7, 11) is 0. The molecule has 0 spiro atoms. The van der Waals surface area contributed by atoms with E-state index in [1.807, 2.05) is 6.92 Å². The number of aromatic carboxylic acids is 1. The van der Waals surface area contributed by atoms with Gasteiger partial charge >= 0.3 is 5.97 Å². The summed E-state index contributed by atoms with van der Waals surface area (Å²) >= 11 is 1.22. The third-order valence-electron chi connectivity index (χ3n) is 3.99. The first-order valence-corrected chi connectivity index (χ1v) is 8.84. The van der Waals surface area contributed by atoms with Crippen LogP contribution in [0, 0.1) is 18.3 Å². The molecule has 0 saturated carbocycles. The van der Waals surface area contributed by atoms with Gasteiger partial charge in [-0.2, -0.15) is 5.26 Å². The first kappa shape index (κ1) is 17.3. The second-order valence-corrected chi connectivity index (χ2v) is 6.81. The maximum atomic E-state index is 10.9. The van der Waals surface area contributed by atoms with Gasteiger partial charge in [-0.3, -0.25) is 4.90 Å². The van der Waals surface area contributed by atoms with E-state index in [-0.39, 0.29) is 11.6 Å². The van der Waals surface area contributed by atoms with E-state index in [2.05, 4.69) is 31.2 Å². The molecule has 0 radical (unpaired) electrons. The van der Waals surface area contributed by atoms with Gasteiger partial charge in [-0.25, -0.2) is 19.7 Å². The zero-order chi connectivity index (χ0) is 17.8. The van der Waals surface area contributed by atoms with Crippen molar-refractivity contribution in [3.8, 4) is 6.07 Å². The average Bonchev–Trinajstić information content (AvgIpc) is 3.04. The van der Waals surface area contributed by atoms with Crippen LogP contribution in [-0.4, -0.2) is 50.6 Å². The van der Waals surface area contributed by atoms with Crippen LogP contribution in [0.3, 0.4) is 0 Å². The van der Waals surface area contributed by atoms with Gasteiger partial charge in [0.2, 0.25) is 0 Å². The molecule has 1 aliphatic heterocycles. The molecule has 25 heavy (non-hydrogen) atoms. The number of carbonyl (C=O) groups is 1. The summed E-state index contributed by atoms with van der Waals surface area (Å²) in [6, 6.07) is 4.00. The normalized spacial score (nSPS) is 17.8. The van der Waals surface area contributed by atoms with Gasteiger partial charge < -0.3 is 10.4 Å². The minimum atomic E-state index is -1.05. The smallest absolute Gasteiger partial charge is 0.355 e. The van der Waals surface area contributed by atoms with E-state index in [4.69, 9.17) is 10.4 Å². The first-order chi connectivity index (χ1) is 12.0. The number of nitrogens with one attached hydrogen (secondary N) is 1. The molecule has 1 fully saturated rings. The highest BCUT2D eigenvalue weighted by atomic mass is 32.1. The number of anilines is 2. The highest BCUT2D eigenvalue weighted by Gasteiger charge is 2.24. The summed E-state index contributed by atoms with van der Waals surface area (Å²) < 4.78 is 0. The molecule has 1 atom stereocenters. The number of piperidine rings is 1. The van der Waals surface area contributed by atoms with E-state index < -0.39 is 5.97 Å². The van der Waals surface area contributed by atoms with Crippen molar-refractivity contribution in [3.63, 3.8) is 0 Å². The van der Waals surface area contributed by atoms with Gasteiger partial charge in [-0.05, 0) is 26.3 Å². The molecule has 1 aliphatic rings. The van der Waals surface area contributed by atoms with E-state index in [9.17, 15) is 4.79 Å². The Labute approximate surface area is 149 Å². The van der Waals surface area contributed by atoms with Crippen LogP contribution in [0.4, 0.5) is 10.9 Å². The Morgan fingerprint density at radius 3 is 3.08 bits per heavy atom. The summed E-state index contributed by atoms with van der Waals surface area (Å²) in [4.78, 5) is 26.2. The minimum Gasteiger partial charge on any atom is -0.476 e. The second kappa shape index (κ2) is 7.55. The number of hydrogen-bond donors (Lipinski definition) is 2. The highest BCUT2D eigenvalue weighted by molar-refractivity contribution is 7.14. The summed E-state index contributed by atoms with van der Waals surface area (Å²) in [5, 5.41) is 22.9. The molecule has 1 saturated heterocycles. The second-order valence-electron chi connectivity index (χ2n) is 5.95. The molecule has 0 aliphatic carbocycles. The zero-order valence-electron chi connectivity index (χ0n) is 13.8. The lowest BCUT2D eigenvalue weighted by molar-refractivity contribution is 0.0691. The number of nitrogens with zero attached hydrogens (tertiary/aromatic N) is 5. The van der Waals surface area contributed by atoms with Crippen LogP contribution in [0.2, 0.25) is 0 Å². The third kappa shape index (κ3) is 4.29. The molecule has 8 nitrogen and oxygen atoms in total. The van der Waals surface area contributed by atoms with E-state index in [0.29, 0.717) is 17.5 Å². The predicted molar refractivity (Wildman–Crippen MR) is 93.2 cm³/mol. The number of rotatable bonds is 5. The summed E-state index contributed by atoms with van der Waals surface area (Å²) in [5.74, 6) is 0.489. The lowest BCUT2D eigenvalue weighted by Crippen LogP contribution is -2.35. The highest BCUT2D eigenvalue weighted by Crippen LogP contribution is 2.27. The quantitative estimate of drug-likeness (QED) is 0.783. The standard InChI is InChI=1S/C16H18N6O2S/c1-10-7-13(21-16-19-12(9-25-16)15(23)24)20-14(18-10)11-3-2-5-22(8-11)6-4-17/h7,9,11H,2-3,5-6,8H2,1H3,(H,23,24)(H,18,19,20,21)/t11-/m0/s1. The first-order valence-electron chi connectivity index (χ1n) is 7.96. The minimum absolute atomic E-state index is 0.0120. The Bertz CT molecular complexity index is 815. The van der Waals surface area contributed by atoms with Crippen LogP contribution in [0.15, 0.2) is 11.4 Å². The molecule has 0 unspecified atom stereocenters. The Kier molecular flexibility index (Phi) is 5.21. The lowest BCUT2D eigenvalue weighted by Gasteiger charge is -2.30. The topological polar surface area (TPSA) is 115 Å². The molecule has 2 aromatic rings. The monoisotopic (exact) mass is 358 g/mol. The van der Waals surface area contributed by atoms with Crippen LogP contribution in [-0.2, 0) is 0 Å². The lowest BCUT2D eigenvalue weighted by atomic mass is 9.97. The number of aryl methyl sites for hydroxylation is 1. The molecule has 130 valence electrons. The number of thiazole rings is 1. The summed E-state index contributed by atoms with van der Waals surface area (Å²) in [6.07, 6.45) is 2.01. The Morgan fingerprint density at radius 1 is 1.52 bits per heavy atom. The van der Waals surface area contributed by atoms with Gasteiger partial charge in [0.1, 0.15) is 11.6 Å². The Morgan fingerprint density at radius 2 is 2.36 bits per heavy atom. The maximum absolute atomic E-state index is 10.9. The molecule has 2 N–H and O–H groups in total. The fraction of sp³-hybridized carbons (Fsp3) is 0.438. The van der Waals surface area contributed by atoms with E-state index in [1.54, 1.807) is 6.07 Å². The fourth-order valence-electron chi connectivity index (χ4n) is 2.89. The molecule has 3 rings (SSSR count). The van der Waals surface area contributed by atoms with Crippen molar-refractivity contribution in [2.24, 2.45) is 0 Å². The molecule has 3 heterocycles. The molecule has 0 amide bonds. The van der Waals surface area contributed by atoms with Crippen LogP contribution in [0.1, 0.15) is 40.8 Å². The van der Waals surface area contributed by atoms with E-state index in [0.717, 1.165) is 37.4 Å². The van der Waals surface area contributed by atoms with E-state index >= 15 is 0 Å². The SMILES string of the molecule is Cc1cc(Nc2nc(C(=O)O)cs2)nc([C@H]2CCCN(CC#N)C2)n1. The average molecular weight is 358 g/mol. The van der Waals surface area contributed by atoms with Crippen LogP contribution in [0.25, 0.3) is 0 Å². The van der Waals surface area contributed by atoms with Crippen molar-refractivity contribution in [2.45, 2.75) is 25.7 Å². The van der Waals surface area contributed by atoms with Crippen molar-refractivity contribution in [2.75, 3.05) is 25.0 Å². The number of nitriles is 1. The Hall–Kier alpha value is -2.57. The van der Waals surface area contributed by atoms with Crippen LogP contribution < -0.4 is 5.32 Å². The zero-order valence-corrected chi connectivity index (χ0v) is 14.6. The van der Waals surface area contributed by atoms with Gasteiger partial charge in [0.25, 0.3) is 0 Å². The number of carboxylic acids is 1. The van der Waals surface area contributed by atoms with Gasteiger partial charge in [-0.15, -0.1) is 11.3 Å². The Balaban J connectivity index is 1.78. The molecule has 2 aromatic heterocycles. The number of hydrogen-bond acceptors (Lipinski definition) is 8. The van der Waals surface area contributed by atoms with Gasteiger partial charge in [0.05, 0.1) is 12.6 Å². The maximum Gasteiger partial charge on any atom is 0.355 e. The van der Waals surface area contributed by atoms with Crippen molar-refractivity contribution >= 4 is 28.3 Å². The van der Waals surface area contributed by atoms with E-state index in [1.165, 1.54) is 16.7 Å². The van der Waals surface area contributed by atoms with Gasteiger partial charge in [-0.1, -0.05) is 0 Å². The van der Waals surface area contributed by atoms with Gasteiger partial charge in [0, 0.05) is 29.6 Å². The van der Waals surface area contributed by atoms with Crippen molar-refractivity contribution < 1.29 is 9.90 Å². The number of aromatic nitrogens is 3. The molecular weight excluding hydrogens is 340 g/mol. The van der Waals surface area contributed by atoms with Gasteiger partial charge in [0.15, 0.2) is 10.8 Å². The molecule has 0 aromatic carbocycles. The number of likely N-dealkylation sites (tertiary alicyclic amines) is 1. The largest absolute Gasteiger partial charge is 0.476 e. The molecular formula is C16H18N6O2S. The van der Waals surface area contributed by atoms with Crippen molar-refractivity contribution in [1.29, 1.82) is 5.26 Å². The predicted octanol–water partition coefficient (Wildman–Crippen LogP) is 2.39. The molecule has 0 bridgehead atoms. The molecule has 9 heteroatoms. The fourth-order valence-corrected chi connectivity index (χ4v) is 3.58. The summed E-state index contributed by atoms with van der Waals surface area (Å²) in [5.41, 5.74) is 0.845. The van der Waals surface area contributed by atoms with Crippen LogP contribution >= 0.6 is 11.3 Å². The van der Waals surface area contributed by atoms with Crippen molar-refractivity contribution in [3.05, 3.63) is 28.7 Å². The van der Waals surface area contributed by atoms with Crippen LogP contribution in [0.5, 0.6) is 0 Å².